The third-order valence-electron chi connectivity index (χ3n) is 5.05. The van der Waals surface area contributed by atoms with Gasteiger partial charge in [0.1, 0.15) is 5.76 Å². The van der Waals surface area contributed by atoms with Gasteiger partial charge in [-0.05, 0) is 48.5 Å². The number of hydrogen-bond donors (Lipinski definition) is 2. The molecule has 3 amide bonds. The Labute approximate surface area is 189 Å². The van der Waals surface area contributed by atoms with E-state index in [1.54, 1.807) is 59.3 Å². The maximum absolute atomic E-state index is 13.5. The molecule has 1 aliphatic rings. The molecule has 1 aliphatic heterocycles. The van der Waals surface area contributed by atoms with Gasteiger partial charge in [0.25, 0.3) is 5.91 Å². The van der Waals surface area contributed by atoms with Crippen LogP contribution >= 0.6 is 11.8 Å². The number of urea groups is 1. The van der Waals surface area contributed by atoms with Crippen LogP contribution in [0, 0.1) is 0 Å². The van der Waals surface area contributed by atoms with E-state index in [9.17, 15) is 9.59 Å². The van der Waals surface area contributed by atoms with Gasteiger partial charge in [0.2, 0.25) is 0 Å². The zero-order chi connectivity index (χ0) is 21.9. The van der Waals surface area contributed by atoms with Crippen molar-refractivity contribution in [2.75, 3.05) is 10.2 Å². The lowest BCUT2D eigenvalue weighted by atomic mass is 10.1. The molecule has 0 atom stereocenters. The molecule has 2 heterocycles. The number of fused-ring (bicyclic) bond motifs is 2. The molecular formula is C25H19N3O3S. The predicted octanol–water partition coefficient (Wildman–Crippen LogP) is 6.04. The topological polar surface area (TPSA) is 74.6 Å². The maximum Gasteiger partial charge on any atom is 0.331 e. The Balaban J connectivity index is 1.42. The Kier molecular flexibility index (Phi) is 5.39. The minimum atomic E-state index is -0.337. The number of anilines is 3. The molecule has 0 saturated heterocycles. The molecule has 32 heavy (non-hydrogen) atoms. The first-order chi connectivity index (χ1) is 15.7. The molecule has 4 aromatic rings. The number of benzene rings is 3. The SMILES string of the molecule is O=C(NCc1ccco1)c1ccccc1NC(=O)N1c2ccccc2Sc2ccccc21. The first-order valence-corrected chi connectivity index (χ1v) is 10.9. The Bertz CT molecular complexity index is 1240. The quantitative estimate of drug-likeness (QED) is 0.405. The van der Waals surface area contributed by atoms with Gasteiger partial charge < -0.3 is 15.1 Å². The van der Waals surface area contributed by atoms with Gasteiger partial charge >= 0.3 is 6.03 Å². The summed E-state index contributed by atoms with van der Waals surface area (Å²) in [6, 6.07) is 25.7. The molecule has 158 valence electrons. The van der Waals surface area contributed by atoms with Gasteiger partial charge in [-0.3, -0.25) is 9.69 Å². The number of nitrogens with zero attached hydrogens (tertiary/aromatic N) is 1. The molecular weight excluding hydrogens is 422 g/mol. The summed E-state index contributed by atoms with van der Waals surface area (Å²) in [6.07, 6.45) is 1.56. The van der Waals surface area contributed by atoms with Gasteiger partial charge in [-0.25, -0.2) is 4.79 Å². The monoisotopic (exact) mass is 441 g/mol. The summed E-state index contributed by atoms with van der Waals surface area (Å²) in [7, 11) is 0. The lowest BCUT2D eigenvalue weighted by Gasteiger charge is -2.31. The van der Waals surface area contributed by atoms with Crippen molar-refractivity contribution in [2.24, 2.45) is 0 Å². The van der Waals surface area contributed by atoms with E-state index >= 15 is 0 Å². The molecule has 1 aromatic heterocycles. The Hall–Kier alpha value is -3.97. The molecule has 2 N–H and O–H groups in total. The summed E-state index contributed by atoms with van der Waals surface area (Å²) in [6.45, 7) is 0.262. The predicted molar refractivity (Wildman–Crippen MR) is 124 cm³/mol. The lowest BCUT2D eigenvalue weighted by Crippen LogP contribution is -2.33. The van der Waals surface area contributed by atoms with Gasteiger partial charge in [-0.15, -0.1) is 0 Å². The largest absolute Gasteiger partial charge is 0.467 e. The minimum Gasteiger partial charge on any atom is -0.467 e. The molecule has 7 heteroatoms. The van der Waals surface area contributed by atoms with Gasteiger partial charge in [0.15, 0.2) is 0 Å². The highest BCUT2D eigenvalue weighted by Crippen LogP contribution is 2.48. The van der Waals surface area contributed by atoms with Crippen molar-refractivity contribution in [1.29, 1.82) is 0 Å². The Morgan fingerprint density at radius 2 is 1.47 bits per heavy atom. The number of carbonyl (C=O) groups is 2. The van der Waals surface area contributed by atoms with Crippen molar-refractivity contribution >= 4 is 40.8 Å². The van der Waals surface area contributed by atoms with E-state index in [0.29, 0.717) is 17.0 Å². The van der Waals surface area contributed by atoms with Crippen LogP contribution in [-0.2, 0) is 6.54 Å². The van der Waals surface area contributed by atoms with E-state index in [4.69, 9.17) is 4.42 Å². The smallest absolute Gasteiger partial charge is 0.331 e. The van der Waals surface area contributed by atoms with Crippen LogP contribution in [0.1, 0.15) is 16.1 Å². The van der Waals surface area contributed by atoms with Crippen LogP contribution in [0.2, 0.25) is 0 Å². The fraction of sp³-hybridized carbons (Fsp3) is 0.0400. The summed E-state index contributed by atoms with van der Waals surface area (Å²) in [5.41, 5.74) is 2.41. The van der Waals surface area contributed by atoms with Crippen molar-refractivity contribution < 1.29 is 14.0 Å². The van der Waals surface area contributed by atoms with E-state index in [1.807, 2.05) is 48.5 Å². The molecule has 0 radical (unpaired) electrons. The number of para-hydroxylation sites is 3. The first-order valence-electron chi connectivity index (χ1n) is 10.1. The number of furan rings is 1. The summed E-state index contributed by atoms with van der Waals surface area (Å²) >= 11 is 1.63. The third-order valence-corrected chi connectivity index (χ3v) is 6.18. The van der Waals surface area contributed by atoms with Gasteiger partial charge in [0, 0.05) is 9.79 Å². The summed E-state index contributed by atoms with van der Waals surface area (Å²) in [4.78, 5) is 29.9. The van der Waals surface area contributed by atoms with Crippen LogP contribution in [-0.4, -0.2) is 11.9 Å². The zero-order valence-corrected chi connectivity index (χ0v) is 17.8. The second-order valence-corrected chi connectivity index (χ2v) is 8.19. The third kappa shape index (κ3) is 3.86. The van der Waals surface area contributed by atoms with Gasteiger partial charge in [-0.2, -0.15) is 0 Å². The van der Waals surface area contributed by atoms with E-state index < -0.39 is 0 Å². The summed E-state index contributed by atoms with van der Waals surface area (Å²) < 4.78 is 5.27. The number of nitrogens with one attached hydrogen (secondary N) is 2. The standard InChI is InChI=1S/C25H19N3O3S/c29-24(26-16-17-8-7-15-31-17)18-9-1-2-10-19(18)27-25(30)28-20-11-3-5-13-22(20)32-23-14-6-4-12-21(23)28/h1-15H,16H2,(H,26,29)(H,27,30). The molecule has 5 rings (SSSR count). The highest BCUT2D eigenvalue weighted by molar-refractivity contribution is 7.99. The average molecular weight is 442 g/mol. The van der Waals surface area contributed by atoms with Crippen molar-refractivity contribution in [3.05, 3.63) is 103 Å². The molecule has 6 nitrogen and oxygen atoms in total. The molecule has 0 aliphatic carbocycles. The van der Waals surface area contributed by atoms with E-state index in [0.717, 1.165) is 21.2 Å². The van der Waals surface area contributed by atoms with Gasteiger partial charge in [-0.1, -0.05) is 48.2 Å². The number of hydrogen-bond acceptors (Lipinski definition) is 4. The van der Waals surface area contributed by atoms with Crippen LogP contribution < -0.4 is 15.5 Å². The second kappa shape index (κ2) is 8.64. The Morgan fingerprint density at radius 3 is 2.16 bits per heavy atom. The zero-order valence-electron chi connectivity index (χ0n) is 16.9. The van der Waals surface area contributed by atoms with Crippen LogP contribution in [0.5, 0.6) is 0 Å². The molecule has 3 aromatic carbocycles. The van der Waals surface area contributed by atoms with E-state index in [1.165, 1.54) is 0 Å². The highest BCUT2D eigenvalue weighted by Gasteiger charge is 2.28. The fourth-order valence-corrected chi connectivity index (χ4v) is 4.62. The maximum atomic E-state index is 13.5. The van der Waals surface area contributed by atoms with Crippen LogP contribution in [0.15, 0.2) is 105 Å². The summed E-state index contributed by atoms with van der Waals surface area (Å²) in [5.74, 6) is 0.353. The normalized spacial score (nSPS) is 11.9. The molecule has 0 unspecified atom stereocenters. The van der Waals surface area contributed by atoms with Crippen molar-refractivity contribution in [3.8, 4) is 0 Å². The fourth-order valence-electron chi connectivity index (χ4n) is 3.56. The van der Waals surface area contributed by atoms with Crippen LogP contribution in [0.3, 0.4) is 0 Å². The van der Waals surface area contributed by atoms with Gasteiger partial charge in [0.05, 0.1) is 35.4 Å². The molecule has 0 spiro atoms. The lowest BCUT2D eigenvalue weighted by molar-refractivity contribution is 0.0949. The number of carbonyl (C=O) groups excluding carboxylic acids is 2. The molecule has 0 saturated carbocycles. The van der Waals surface area contributed by atoms with Crippen LogP contribution in [0.4, 0.5) is 21.9 Å². The average Bonchev–Trinajstić information content (AvgIpc) is 3.35. The number of amides is 3. The molecule has 0 fully saturated rings. The first kappa shape index (κ1) is 20.0. The Morgan fingerprint density at radius 1 is 0.812 bits per heavy atom. The van der Waals surface area contributed by atoms with Crippen molar-refractivity contribution in [2.45, 2.75) is 16.3 Å². The highest BCUT2D eigenvalue weighted by atomic mass is 32.2. The van der Waals surface area contributed by atoms with Crippen LogP contribution in [0.25, 0.3) is 0 Å². The minimum absolute atomic E-state index is 0.262. The van der Waals surface area contributed by atoms with Crippen molar-refractivity contribution in [1.82, 2.24) is 5.32 Å². The van der Waals surface area contributed by atoms with E-state index in [2.05, 4.69) is 10.6 Å². The van der Waals surface area contributed by atoms with E-state index in [-0.39, 0.29) is 18.5 Å². The van der Waals surface area contributed by atoms with Crippen molar-refractivity contribution in [3.63, 3.8) is 0 Å². The second-order valence-electron chi connectivity index (χ2n) is 7.11. The summed E-state index contributed by atoms with van der Waals surface area (Å²) in [5, 5.41) is 5.75. The number of rotatable bonds is 4. The molecule has 0 bridgehead atoms.